The number of benzene rings is 1. The minimum Gasteiger partial charge on any atom is -0.440 e. The zero-order valence-corrected chi connectivity index (χ0v) is 21.3. The lowest BCUT2D eigenvalue weighted by atomic mass is 9.76. The highest BCUT2D eigenvalue weighted by atomic mass is 35.5. The molecule has 1 fully saturated rings. The topological polar surface area (TPSA) is 56.6 Å². The van der Waals surface area contributed by atoms with Crippen molar-refractivity contribution < 1.29 is 27.4 Å². The first-order valence-electron chi connectivity index (χ1n) is 11.5. The van der Waals surface area contributed by atoms with Gasteiger partial charge in [0.2, 0.25) is 0 Å². The normalized spacial score (nSPS) is 26.7. The SMILES string of the molecule is CC1CC2(CCN1Cc1cnn(C)c1)OCC(OC(=O)C(F)(F)F)(c1ccccc1)c1cc(Cl)sc12. The Bertz CT molecular complexity index is 1260. The predicted octanol–water partition coefficient (Wildman–Crippen LogP) is 5.39. The molecular formula is C25H25ClF3N3O3S. The van der Waals surface area contributed by atoms with Crippen molar-refractivity contribution in [3.63, 3.8) is 0 Å². The van der Waals surface area contributed by atoms with Gasteiger partial charge in [-0.1, -0.05) is 41.9 Å². The second-order valence-electron chi connectivity index (χ2n) is 9.45. The lowest BCUT2D eigenvalue weighted by molar-refractivity contribution is -0.226. The first-order chi connectivity index (χ1) is 17.0. The third-order valence-electron chi connectivity index (χ3n) is 7.04. The van der Waals surface area contributed by atoms with Crippen LogP contribution in [0.25, 0.3) is 0 Å². The van der Waals surface area contributed by atoms with Gasteiger partial charge in [0.05, 0.1) is 17.1 Å². The van der Waals surface area contributed by atoms with Gasteiger partial charge in [-0.15, -0.1) is 11.3 Å². The van der Waals surface area contributed by atoms with Crippen molar-refractivity contribution in [2.75, 3.05) is 13.2 Å². The van der Waals surface area contributed by atoms with Gasteiger partial charge in [-0.25, -0.2) is 4.79 Å². The summed E-state index contributed by atoms with van der Waals surface area (Å²) in [6.45, 7) is 3.32. The van der Waals surface area contributed by atoms with Crippen LogP contribution in [-0.2, 0) is 39.1 Å². The molecule has 1 saturated heterocycles. The summed E-state index contributed by atoms with van der Waals surface area (Å²) in [6, 6.07) is 10.1. The minimum absolute atomic E-state index is 0.120. The zero-order chi connectivity index (χ0) is 25.7. The predicted molar refractivity (Wildman–Crippen MR) is 129 cm³/mol. The molecule has 3 atom stereocenters. The van der Waals surface area contributed by atoms with Crippen molar-refractivity contribution in [1.82, 2.24) is 14.7 Å². The molecule has 1 aromatic carbocycles. The van der Waals surface area contributed by atoms with Gasteiger partial charge in [0, 0.05) is 53.9 Å². The highest BCUT2D eigenvalue weighted by Crippen LogP contribution is 2.55. The smallest absolute Gasteiger partial charge is 0.440 e. The standard InChI is InChI=1S/C25H25ClF3N3O3S/c1-16-11-23(8-9-32(16)14-17-12-30-31(2)13-17)21-19(10-20(26)36-21)24(15-34-23,18-6-4-3-5-7-18)35-22(33)25(27,28)29/h3-7,10,12-13,16H,8-9,11,14-15H2,1-2H3. The van der Waals surface area contributed by atoms with Crippen LogP contribution in [0.5, 0.6) is 0 Å². The van der Waals surface area contributed by atoms with Crippen LogP contribution in [-0.4, -0.2) is 46.0 Å². The molecule has 6 nitrogen and oxygen atoms in total. The summed E-state index contributed by atoms with van der Waals surface area (Å²) in [6.07, 6.45) is -0.0824. The first-order valence-corrected chi connectivity index (χ1v) is 12.7. The Labute approximate surface area is 215 Å². The summed E-state index contributed by atoms with van der Waals surface area (Å²) < 4.78 is 53.9. The summed E-state index contributed by atoms with van der Waals surface area (Å²) in [5.41, 5.74) is -0.530. The number of alkyl halides is 3. The van der Waals surface area contributed by atoms with E-state index in [1.807, 2.05) is 19.4 Å². The number of hydrogen-bond donors (Lipinski definition) is 0. The number of piperidine rings is 1. The third kappa shape index (κ3) is 4.44. The van der Waals surface area contributed by atoms with Crippen molar-refractivity contribution >= 4 is 28.9 Å². The van der Waals surface area contributed by atoms with E-state index in [1.165, 1.54) is 11.3 Å². The van der Waals surface area contributed by atoms with Crippen LogP contribution >= 0.6 is 22.9 Å². The molecule has 0 aliphatic carbocycles. The number of fused-ring (bicyclic) bond motifs is 2. The third-order valence-corrected chi connectivity index (χ3v) is 8.49. The Balaban J connectivity index is 1.51. The van der Waals surface area contributed by atoms with Gasteiger partial charge in [0.25, 0.3) is 0 Å². The number of aromatic nitrogens is 2. The van der Waals surface area contributed by atoms with Crippen molar-refractivity contribution in [2.24, 2.45) is 7.05 Å². The molecule has 0 bridgehead atoms. The van der Waals surface area contributed by atoms with Crippen LogP contribution in [0.3, 0.4) is 0 Å². The number of thiophene rings is 1. The second-order valence-corrected chi connectivity index (χ2v) is 11.1. The maximum Gasteiger partial charge on any atom is 0.490 e. The van der Waals surface area contributed by atoms with Crippen LogP contribution in [0.1, 0.15) is 41.3 Å². The van der Waals surface area contributed by atoms with Gasteiger partial charge < -0.3 is 9.47 Å². The van der Waals surface area contributed by atoms with Gasteiger partial charge in [0.15, 0.2) is 5.60 Å². The van der Waals surface area contributed by atoms with Gasteiger partial charge >= 0.3 is 12.1 Å². The average molecular weight is 540 g/mol. The number of esters is 1. The van der Waals surface area contributed by atoms with E-state index in [9.17, 15) is 18.0 Å². The summed E-state index contributed by atoms with van der Waals surface area (Å²) >= 11 is 7.72. The Morgan fingerprint density at radius 2 is 2.08 bits per heavy atom. The molecule has 4 heterocycles. The second kappa shape index (κ2) is 9.16. The first kappa shape index (κ1) is 25.3. The lowest BCUT2D eigenvalue weighted by Gasteiger charge is -2.50. The van der Waals surface area contributed by atoms with Gasteiger partial charge in [0.1, 0.15) is 5.60 Å². The van der Waals surface area contributed by atoms with E-state index in [4.69, 9.17) is 21.1 Å². The van der Waals surface area contributed by atoms with Crippen LogP contribution in [0, 0.1) is 0 Å². The molecule has 36 heavy (non-hydrogen) atoms. The van der Waals surface area contributed by atoms with Gasteiger partial charge in [-0.3, -0.25) is 9.58 Å². The van der Waals surface area contributed by atoms with Crippen LogP contribution < -0.4 is 0 Å². The largest absolute Gasteiger partial charge is 0.490 e. The van der Waals surface area contributed by atoms with E-state index in [1.54, 1.807) is 41.1 Å². The number of likely N-dealkylation sites (tertiary alicyclic amines) is 1. The molecule has 11 heteroatoms. The Hall–Kier alpha value is -2.40. The molecule has 5 rings (SSSR count). The van der Waals surface area contributed by atoms with Crippen molar-refractivity contribution in [1.29, 1.82) is 0 Å². The number of halogens is 4. The summed E-state index contributed by atoms with van der Waals surface area (Å²) in [4.78, 5) is 15.2. The zero-order valence-electron chi connectivity index (χ0n) is 19.7. The summed E-state index contributed by atoms with van der Waals surface area (Å²) in [5.74, 6) is -2.26. The van der Waals surface area contributed by atoms with Crippen molar-refractivity contribution in [3.8, 4) is 0 Å². The minimum atomic E-state index is -5.15. The van der Waals surface area contributed by atoms with Crippen molar-refractivity contribution in [2.45, 2.75) is 49.7 Å². The van der Waals surface area contributed by atoms with Crippen LogP contribution in [0.2, 0.25) is 4.34 Å². The molecule has 1 spiro atoms. The summed E-state index contributed by atoms with van der Waals surface area (Å²) in [5, 5.41) is 4.24. The Kier molecular flexibility index (Phi) is 6.43. The van der Waals surface area contributed by atoms with E-state index < -0.39 is 23.3 Å². The molecule has 0 amide bonds. The molecule has 0 radical (unpaired) electrons. The average Bonchev–Trinajstić information content (AvgIpc) is 3.44. The van der Waals surface area contributed by atoms with Gasteiger partial charge in [-0.2, -0.15) is 18.3 Å². The van der Waals surface area contributed by atoms with E-state index in [0.29, 0.717) is 39.7 Å². The molecule has 2 aromatic heterocycles. The van der Waals surface area contributed by atoms with E-state index in [0.717, 1.165) is 12.1 Å². The fourth-order valence-corrected chi connectivity index (χ4v) is 6.78. The van der Waals surface area contributed by atoms with Crippen LogP contribution in [0.15, 0.2) is 48.8 Å². The number of aryl methyl sites for hydroxylation is 1. The van der Waals surface area contributed by atoms with Gasteiger partial charge in [-0.05, 0) is 25.8 Å². The molecule has 0 N–H and O–H groups in total. The molecule has 2 aliphatic rings. The summed E-state index contributed by atoms with van der Waals surface area (Å²) in [7, 11) is 1.88. The molecule has 0 saturated carbocycles. The van der Waals surface area contributed by atoms with E-state index in [2.05, 4.69) is 16.9 Å². The highest BCUT2D eigenvalue weighted by Gasteiger charge is 2.56. The maximum atomic E-state index is 13.3. The highest BCUT2D eigenvalue weighted by molar-refractivity contribution is 7.16. The van der Waals surface area contributed by atoms with E-state index in [-0.39, 0.29) is 12.6 Å². The van der Waals surface area contributed by atoms with Crippen molar-refractivity contribution in [3.05, 3.63) is 74.7 Å². The Morgan fingerprint density at radius 1 is 1.33 bits per heavy atom. The Morgan fingerprint density at radius 3 is 2.72 bits per heavy atom. The molecule has 192 valence electrons. The number of carbonyl (C=O) groups is 1. The number of carbonyl (C=O) groups excluding carboxylic acids is 1. The fourth-order valence-electron chi connectivity index (χ4n) is 5.30. The quantitative estimate of drug-likeness (QED) is 0.416. The number of rotatable bonds is 4. The van der Waals surface area contributed by atoms with E-state index >= 15 is 0 Å². The number of ether oxygens (including phenoxy) is 2. The monoisotopic (exact) mass is 539 g/mol. The van der Waals surface area contributed by atoms with Crippen LogP contribution in [0.4, 0.5) is 13.2 Å². The lowest BCUT2D eigenvalue weighted by Crippen LogP contribution is -2.54. The number of hydrogen-bond acceptors (Lipinski definition) is 6. The molecular weight excluding hydrogens is 515 g/mol. The molecule has 3 unspecified atom stereocenters. The fraction of sp³-hybridized carbons (Fsp3) is 0.440. The molecule has 2 aliphatic heterocycles. The number of nitrogens with zero attached hydrogens (tertiary/aromatic N) is 3. The maximum absolute atomic E-state index is 13.3. The molecule has 3 aromatic rings.